The normalized spacial score (nSPS) is 25.6. The Morgan fingerprint density at radius 3 is 2.74 bits per heavy atom. The fourth-order valence-corrected chi connectivity index (χ4v) is 3.58. The molecule has 1 aromatic rings. The molecule has 2 fully saturated rings. The number of aliphatic hydroxyl groups is 1. The quantitative estimate of drug-likeness (QED) is 0.630. The zero-order chi connectivity index (χ0) is 19.6. The number of aryl methyl sites for hydroxylation is 1. The number of amides is 3. The smallest absolute Gasteiger partial charge is 0.287 e. The van der Waals surface area contributed by atoms with Crippen molar-refractivity contribution in [2.75, 3.05) is 19.6 Å². The molecular formula is C18H23N3O6. The Labute approximate surface area is 155 Å². The number of carbonyl (C=O) groups is 3. The van der Waals surface area contributed by atoms with Crippen LogP contribution < -0.4 is 16.1 Å². The highest BCUT2D eigenvalue weighted by Gasteiger charge is 2.36. The molecule has 2 aliphatic rings. The van der Waals surface area contributed by atoms with Crippen LogP contribution in [0.3, 0.4) is 0 Å². The van der Waals surface area contributed by atoms with Crippen molar-refractivity contribution in [3.8, 4) is 0 Å². The third-order valence-electron chi connectivity index (χ3n) is 4.95. The van der Waals surface area contributed by atoms with Gasteiger partial charge in [0.1, 0.15) is 5.76 Å². The average Bonchev–Trinajstić information content (AvgIpc) is 2.62. The molecule has 1 saturated carbocycles. The van der Waals surface area contributed by atoms with Crippen LogP contribution in [-0.4, -0.2) is 59.5 Å². The molecule has 1 aliphatic heterocycles. The van der Waals surface area contributed by atoms with E-state index in [4.69, 9.17) is 4.42 Å². The van der Waals surface area contributed by atoms with Crippen molar-refractivity contribution in [3.05, 3.63) is 33.9 Å². The molecular weight excluding hydrogens is 354 g/mol. The maximum absolute atomic E-state index is 12.6. The van der Waals surface area contributed by atoms with E-state index in [9.17, 15) is 24.3 Å². The first-order valence-electron chi connectivity index (χ1n) is 8.99. The Morgan fingerprint density at radius 1 is 1.30 bits per heavy atom. The number of rotatable bonds is 3. The zero-order valence-corrected chi connectivity index (χ0v) is 15.1. The summed E-state index contributed by atoms with van der Waals surface area (Å²) in [6.45, 7) is 2.51. The SMILES string of the molecule is Cc1cc(=O)cc(C(=O)N[C@@H]2CC[C@H](C(=O)N3CCNC(=O)C3)C[C@H]2O)o1. The van der Waals surface area contributed by atoms with Crippen molar-refractivity contribution in [3.63, 3.8) is 0 Å². The van der Waals surface area contributed by atoms with Gasteiger partial charge in [0.15, 0.2) is 11.2 Å². The molecule has 0 aromatic carbocycles. The minimum Gasteiger partial charge on any atom is -0.456 e. The highest BCUT2D eigenvalue weighted by Crippen LogP contribution is 2.27. The second-order valence-electron chi connectivity index (χ2n) is 7.04. The van der Waals surface area contributed by atoms with Gasteiger partial charge in [-0.15, -0.1) is 0 Å². The van der Waals surface area contributed by atoms with Crippen LogP contribution in [0.4, 0.5) is 0 Å². The van der Waals surface area contributed by atoms with E-state index in [1.165, 1.54) is 11.0 Å². The molecule has 9 nitrogen and oxygen atoms in total. The van der Waals surface area contributed by atoms with E-state index in [-0.39, 0.29) is 41.9 Å². The van der Waals surface area contributed by atoms with Gasteiger partial charge in [0.05, 0.1) is 18.7 Å². The second-order valence-corrected chi connectivity index (χ2v) is 7.04. The molecule has 3 N–H and O–H groups in total. The van der Waals surface area contributed by atoms with E-state index in [1.807, 2.05) is 0 Å². The largest absolute Gasteiger partial charge is 0.456 e. The van der Waals surface area contributed by atoms with E-state index in [2.05, 4.69) is 10.6 Å². The van der Waals surface area contributed by atoms with E-state index in [1.54, 1.807) is 6.92 Å². The third kappa shape index (κ3) is 4.54. The number of nitrogens with one attached hydrogen (secondary N) is 2. The Morgan fingerprint density at radius 2 is 2.07 bits per heavy atom. The zero-order valence-electron chi connectivity index (χ0n) is 15.1. The van der Waals surface area contributed by atoms with Gasteiger partial charge in [-0.1, -0.05) is 0 Å². The molecule has 0 spiro atoms. The van der Waals surface area contributed by atoms with Crippen LogP contribution in [0.25, 0.3) is 0 Å². The van der Waals surface area contributed by atoms with Gasteiger partial charge in [-0.2, -0.15) is 0 Å². The van der Waals surface area contributed by atoms with Gasteiger partial charge in [-0.3, -0.25) is 19.2 Å². The van der Waals surface area contributed by atoms with Crippen molar-refractivity contribution in [1.29, 1.82) is 0 Å². The third-order valence-corrected chi connectivity index (χ3v) is 4.95. The second kappa shape index (κ2) is 7.91. The first kappa shape index (κ1) is 19.1. The molecule has 146 valence electrons. The minimum atomic E-state index is -0.896. The molecule has 0 unspecified atom stereocenters. The van der Waals surface area contributed by atoms with Crippen molar-refractivity contribution >= 4 is 17.7 Å². The Kier molecular flexibility index (Phi) is 5.59. The summed E-state index contributed by atoms with van der Waals surface area (Å²) in [4.78, 5) is 49.3. The number of aliphatic hydroxyl groups excluding tert-OH is 1. The van der Waals surface area contributed by atoms with Crippen LogP contribution in [0.5, 0.6) is 0 Å². The lowest BCUT2D eigenvalue weighted by Gasteiger charge is -2.36. The van der Waals surface area contributed by atoms with E-state index in [0.717, 1.165) is 6.07 Å². The molecule has 3 atom stereocenters. The standard InChI is InChI=1S/C18H23N3O6/c1-10-6-12(22)8-15(27-10)17(25)20-13-3-2-11(7-14(13)23)18(26)21-5-4-19-16(24)9-21/h6,8,11,13-14,23H,2-5,7,9H2,1H3,(H,19,24)(H,20,25)/t11-,13+,14+/m0/s1. The van der Waals surface area contributed by atoms with Gasteiger partial charge in [0.2, 0.25) is 11.8 Å². The first-order valence-corrected chi connectivity index (χ1v) is 8.99. The van der Waals surface area contributed by atoms with Crippen LogP contribution in [0.2, 0.25) is 0 Å². The number of piperazine rings is 1. The van der Waals surface area contributed by atoms with Crippen molar-refractivity contribution in [2.24, 2.45) is 5.92 Å². The molecule has 3 rings (SSSR count). The predicted molar refractivity (Wildman–Crippen MR) is 93.9 cm³/mol. The minimum absolute atomic E-state index is 0.0397. The molecule has 3 amide bonds. The van der Waals surface area contributed by atoms with Gasteiger partial charge < -0.3 is 25.1 Å². The molecule has 1 aliphatic carbocycles. The summed E-state index contributed by atoms with van der Waals surface area (Å²) in [6, 6.07) is 1.85. The molecule has 9 heteroatoms. The average molecular weight is 377 g/mol. The van der Waals surface area contributed by atoms with Crippen molar-refractivity contribution < 1.29 is 23.9 Å². The van der Waals surface area contributed by atoms with Crippen LogP contribution in [0.1, 0.15) is 35.6 Å². The summed E-state index contributed by atoms with van der Waals surface area (Å²) in [5, 5.41) is 15.7. The summed E-state index contributed by atoms with van der Waals surface area (Å²) in [5.74, 6) is -1.06. The highest BCUT2D eigenvalue weighted by atomic mass is 16.3. The summed E-state index contributed by atoms with van der Waals surface area (Å²) in [7, 11) is 0. The lowest BCUT2D eigenvalue weighted by atomic mass is 9.83. The first-order chi connectivity index (χ1) is 12.8. The molecule has 1 saturated heterocycles. The number of carbonyl (C=O) groups excluding carboxylic acids is 3. The fraction of sp³-hybridized carbons (Fsp3) is 0.556. The topological polar surface area (TPSA) is 129 Å². The molecule has 0 radical (unpaired) electrons. The summed E-state index contributed by atoms with van der Waals surface area (Å²) in [6.07, 6.45) is 0.224. The van der Waals surface area contributed by atoms with Gasteiger partial charge in [-0.05, 0) is 26.2 Å². The van der Waals surface area contributed by atoms with Gasteiger partial charge >= 0.3 is 0 Å². The Balaban J connectivity index is 1.58. The van der Waals surface area contributed by atoms with Crippen LogP contribution in [-0.2, 0) is 9.59 Å². The van der Waals surface area contributed by atoms with Crippen LogP contribution in [0.15, 0.2) is 21.3 Å². The summed E-state index contributed by atoms with van der Waals surface area (Å²) in [5.41, 5.74) is -0.329. The molecule has 0 bridgehead atoms. The van der Waals surface area contributed by atoms with Crippen molar-refractivity contribution in [1.82, 2.24) is 15.5 Å². The Bertz CT molecular complexity index is 805. The lowest BCUT2D eigenvalue weighted by Crippen LogP contribution is -2.54. The summed E-state index contributed by atoms with van der Waals surface area (Å²) >= 11 is 0. The number of hydrogen-bond donors (Lipinski definition) is 3. The van der Waals surface area contributed by atoms with Gasteiger partial charge in [0, 0.05) is 31.1 Å². The number of nitrogens with zero attached hydrogens (tertiary/aromatic N) is 1. The highest BCUT2D eigenvalue weighted by molar-refractivity contribution is 5.91. The molecule has 27 heavy (non-hydrogen) atoms. The van der Waals surface area contributed by atoms with E-state index >= 15 is 0 Å². The van der Waals surface area contributed by atoms with Crippen LogP contribution >= 0.6 is 0 Å². The Hall–Kier alpha value is -2.68. The lowest BCUT2D eigenvalue weighted by molar-refractivity contribution is -0.143. The van der Waals surface area contributed by atoms with E-state index < -0.39 is 18.1 Å². The van der Waals surface area contributed by atoms with Crippen molar-refractivity contribution in [2.45, 2.75) is 38.3 Å². The maximum Gasteiger partial charge on any atom is 0.287 e. The van der Waals surface area contributed by atoms with Gasteiger partial charge in [-0.25, -0.2) is 0 Å². The number of hydrogen-bond acceptors (Lipinski definition) is 6. The maximum atomic E-state index is 12.6. The van der Waals surface area contributed by atoms with Gasteiger partial charge in [0.25, 0.3) is 5.91 Å². The fourth-order valence-electron chi connectivity index (χ4n) is 3.58. The van der Waals surface area contributed by atoms with E-state index in [0.29, 0.717) is 31.7 Å². The summed E-state index contributed by atoms with van der Waals surface area (Å²) < 4.78 is 5.25. The predicted octanol–water partition coefficient (Wildman–Crippen LogP) is -0.834. The molecule has 1 aromatic heterocycles. The van der Waals surface area contributed by atoms with Crippen LogP contribution in [0, 0.1) is 12.8 Å². The monoisotopic (exact) mass is 377 g/mol. The molecule has 2 heterocycles.